The first-order valence-corrected chi connectivity index (χ1v) is 5.72. The summed E-state index contributed by atoms with van der Waals surface area (Å²) in [5.41, 5.74) is 1.36. The summed E-state index contributed by atoms with van der Waals surface area (Å²) in [6.07, 6.45) is 2.93. The predicted octanol–water partition coefficient (Wildman–Crippen LogP) is 1.59. The highest BCUT2D eigenvalue weighted by atomic mass is 16.4. The molecule has 0 atom stereocenters. The first-order chi connectivity index (χ1) is 9.67. The van der Waals surface area contributed by atoms with Gasteiger partial charge in [-0.15, -0.1) is 0 Å². The highest BCUT2D eigenvalue weighted by molar-refractivity contribution is 5.72. The van der Waals surface area contributed by atoms with E-state index in [2.05, 4.69) is 20.6 Å². The van der Waals surface area contributed by atoms with Crippen LogP contribution in [0.1, 0.15) is 5.56 Å². The van der Waals surface area contributed by atoms with E-state index in [4.69, 9.17) is 10.4 Å². The molecule has 0 amide bonds. The van der Waals surface area contributed by atoms with Crippen LogP contribution in [0.15, 0.2) is 36.7 Å². The van der Waals surface area contributed by atoms with Crippen molar-refractivity contribution in [2.45, 2.75) is 0 Å². The monoisotopic (exact) mass is 269 g/mol. The lowest BCUT2D eigenvalue weighted by Crippen LogP contribution is -2.13. The maximum absolute atomic E-state index is 10.4. The number of nitriles is 1. The van der Waals surface area contributed by atoms with Crippen LogP contribution in [0.4, 0.5) is 17.3 Å². The van der Waals surface area contributed by atoms with E-state index in [1.54, 1.807) is 24.3 Å². The predicted molar refractivity (Wildman–Crippen MR) is 72.6 cm³/mol. The number of anilines is 3. The van der Waals surface area contributed by atoms with Gasteiger partial charge in [0, 0.05) is 5.69 Å². The first-order valence-electron chi connectivity index (χ1n) is 5.72. The van der Waals surface area contributed by atoms with Gasteiger partial charge in [0.2, 0.25) is 0 Å². The highest BCUT2D eigenvalue weighted by Gasteiger charge is 2.00. The van der Waals surface area contributed by atoms with Gasteiger partial charge in [0.05, 0.1) is 24.0 Å². The fourth-order valence-electron chi connectivity index (χ4n) is 1.43. The van der Waals surface area contributed by atoms with Crippen LogP contribution in [0.2, 0.25) is 0 Å². The molecule has 3 N–H and O–H groups in total. The number of hydrogen-bond acceptors (Lipinski definition) is 6. The molecule has 1 aromatic carbocycles. The Labute approximate surface area is 114 Å². The average Bonchev–Trinajstić information content (AvgIpc) is 2.47. The highest BCUT2D eigenvalue weighted by Crippen LogP contribution is 2.14. The minimum absolute atomic E-state index is 0.211. The smallest absolute Gasteiger partial charge is 0.322 e. The lowest BCUT2D eigenvalue weighted by molar-refractivity contribution is -0.134. The maximum atomic E-state index is 10.4. The molecule has 1 heterocycles. The summed E-state index contributed by atoms with van der Waals surface area (Å²) < 4.78 is 0. The number of hydrogen-bond donors (Lipinski definition) is 3. The topological polar surface area (TPSA) is 111 Å². The summed E-state index contributed by atoms with van der Waals surface area (Å²) in [4.78, 5) is 18.5. The summed E-state index contributed by atoms with van der Waals surface area (Å²) in [5, 5.41) is 22.9. The number of carbonyl (C=O) groups is 1. The third-order valence-corrected chi connectivity index (χ3v) is 2.36. The number of rotatable bonds is 5. The van der Waals surface area contributed by atoms with Crippen LogP contribution in [-0.2, 0) is 4.79 Å². The molecular weight excluding hydrogens is 258 g/mol. The average molecular weight is 269 g/mol. The van der Waals surface area contributed by atoms with Crippen molar-refractivity contribution in [3.63, 3.8) is 0 Å². The minimum Gasteiger partial charge on any atom is -0.480 e. The van der Waals surface area contributed by atoms with Crippen molar-refractivity contribution in [3.05, 3.63) is 42.2 Å². The second kappa shape index (κ2) is 6.15. The van der Waals surface area contributed by atoms with E-state index in [1.807, 2.05) is 6.07 Å². The molecule has 0 saturated heterocycles. The lowest BCUT2D eigenvalue weighted by Gasteiger charge is -2.06. The molecule has 0 aliphatic heterocycles. The molecule has 7 heteroatoms. The molecule has 7 nitrogen and oxygen atoms in total. The van der Waals surface area contributed by atoms with Crippen LogP contribution >= 0.6 is 0 Å². The molecule has 20 heavy (non-hydrogen) atoms. The Bertz CT molecular complexity index is 631. The molecule has 1 aromatic heterocycles. The fraction of sp³-hybridized carbons (Fsp3) is 0.0769. The van der Waals surface area contributed by atoms with Gasteiger partial charge in [-0.05, 0) is 24.3 Å². The Balaban J connectivity index is 1.99. The zero-order valence-corrected chi connectivity index (χ0v) is 10.4. The summed E-state index contributed by atoms with van der Waals surface area (Å²) in [7, 11) is 0. The third-order valence-electron chi connectivity index (χ3n) is 2.36. The van der Waals surface area contributed by atoms with Gasteiger partial charge in [0.25, 0.3) is 0 Å². The summed E-state index contributed by atoms with van der Waals surface area (Å²) in [5.74, 6) is -0.0556. The number of aromatic nitrogens is 2. The normalized spacial score (nSPS) is 9.55. The van der Waals surface area contributed by atoms with E-state index in [0.717, 1.165) is 5.69 Å². The van der Waals surface area contributed by atoms with Crippen molar-refractivity contribution < 1.29 is 9.90 Å². The van der Waals surface area contributed by atoms with Gasteiger partial charge in [0.1, 0.15) is 18.2 Å². The van der Waals surface area contributed by atoms with Crippen molar-refractivity contribution in [2.75, 3.05) is 17.2 Å². The Morgan fingerprint density at radius 2 is 1.85 bits per heavy atom. The maximum Gasteiger partial charge on any atom is 0.322 e. The number of nitrogens with one attached hydrogen (secondary N) is 2. The Kier molecular flexibility index (Phi) is 4.09. The largest absolute Gasteiger partial charge is 0.480 e. The van der Waals surface area contributed by atoms with Crippen LogP contribution in [0, 0.1) is 11.3 Å². The van der Waals surface area contributed by atoms with Crippen molar-refractivity contribution >= 4 is 23.3 Å². The van der Waals surface area contributed by atoms with Crippen LogP contribution in [0.25, 0.3) is 0 Å². The number of nitrogens with zero attached hydrogens (tertiary/aromatic N) is 3. The quantitative estimate of drug-likeness (QED) is 0.755. The Morgan fingerprint density at radius 3 is 2.40 bits per heavy atom. The van der Waals surface area contributed by atoms with Gasteiger partial charge < -0.3 is 15.7 Å². The minimum atomic E-state index is -0.966. The Morgan fingerprint density at radius 1 is 1.20 bits per heavy atom. The van der Waals surface area contributed by atoms with Crippen molar-refractivity contribution in [1.29, 1.82) is 5.26 Å². The molecule has 0 unspecified atom stereocenters. The molecule has 2 rings (SSSR count). The molecule has 0 bridgehead atoms. The molecule has 0 aliphatic rings. The molecule has 2 aromatic rings. The van der Waals surface area contributed by atoms with E-state index < -0.39 is 5.97 Å². The van der Waals surface area contributed by atoms with Gasteiger partial charge in [-0.2, -0.15) is 5.26 Å². The van der Waals surface area contributed by atoms with Crippen LogP contribution in [0.5, 0.6) is 0 Å². The number of benzene rings is 1. The molecule has 0 radical (unpaired) electrons. The van der Waals surface area contributed by atoms with E-state index in [1.165, 1.54) is 12.4 Å². The van der Waals surface area contributed by atoms with Crippen molar-refractivity contribution in [3.8, 4) is 6.07 Å². The Hall–Kier alpha value is -3.14. The molecule has 0 saturated carbocycles. The standard InChI is InChI=1S/C13H11N5O2/c14-5-9-1-3-10(4-2-9)18-12-7-15-11(6-16-12)17-8-13(19)20/h1-4,6-7H,8H2,(H,15,17)(H,16,18)(H,19,20). The van der Waals surface area contributed by atoms with Crippen LogP contribution < -0.4 is 10.6 Å². The van der Waals surface area contributed by atoms with E-state index in [9.17, 15) is 4.79 Å². The van der Waals surface area contributed by atoms with Crippen LogP contribution in [-0.4, -0.2) is 27.6 Å². The van der Waals surface area contributed by atoms with E-state index in [-0.39, 0.29) is 6.54 Å². The summed E-state index contributed by atoms with van der Waals surface area (Å²) >= 11 is 0. The zero-order valence-electron chi connectivity index (χ0n) is 10.4. The number of carboxylic acid groups (broad SMARTS) is 1. The second-order valence-corrected chi connectivity index (χ2v) is 3.85. The lowest BCUT2D eigenvalue weighted by atomic mass is 10.2. The summed E-state index contributed by atoms with van der Waals surface area (Å²) in [6, 6.07) is 8.94. The van der Waals surface area contributed by atoms with Crippen LogP contribution in [0.3, 0.4) is 0 Å². The van der Waals surface area contributed by atoms with E-state index >= 15 is 0 Å². The second-order valence-electron chi connectivity index (χ2n) is 3.85. The van der Waals surface area contributed by atoms with Gasteiger partial charge >= 0.3 is 5.97 Å². The van der Waals surface area contributed by atoms with Gasteiger partial charge in [0.15, 0.2) is 0 Å². The summed E-state index contributed by atoms with van der Waals surface area (Å²) in [6.45, 7) is -0.211. The number of aliphatic carboxylic acids is 1. The molecular formula is C13H11N5O2. The number of carboxylic acids is 1. The molecule has 0 fully saturated rings. The zero-order chi connectivity index (χ0) is 14.4. The van der Waals surface area contributed by atoms with E-state index in [0.29, 0.717) is 17.2 Å². The third kappa shape index (κ3) is 3.68. The SMILES string of the molecule is N#Cc1ccc(Nc2cnc(NCC(=O)O)cn2)cc1. The fourth-order valence-corrected chi connectivity index (χ4v) is 1.43. The molecule has 100 valence electrons. The van der Waals surface area contributed by atoms with Gasteiger partial charge in [-0.25, -0.2) is 9.97 Å². The first kappa shape index (κ1) is 13.3. The van der Waals surface area contributed by atoms with Crippen molar-refractivity contribution in [2.24, 2.45) is 0 Å². The van der Waals surface area contributed by atoms with Gasteiger partial charge in [-0.1, -0.05) is 0 Å². The van der Waals surface area contributed by atoms with Crippen molar-refractivity contribution in [1.82, 2.24) is 9.97 Å². The van der Waals surface area contributed by atoms with Gasteiger partial charge in [-0.3, -0.25) is 4.79 Å². The molecule has 0 aliphatic carbocycles. The molecule has 0 spiro atoms.